The molecule has 9 heteroatoms. The lowest BCUT2D eigenvalue weighted by Crippen LogP contribution is -2.30. The average Bonchev–Trinajstić information content (AvgIpc) is 3.47. The first-order valence-corrected chi connectivity index (χ1v) is 11.6. The van der Waals surface area contributed by atoms with Crippen LogP contribution in [0.25, 0.3) is 0 Å². The van der Waals surface area contributed by atoms with Crippen LogP contribution >= 0.6 is 11.3 Å². The van der Waals surface area contributed by atoms with Gasteiger partial charge in [0.1, 0.15) is 5.75 Å². The minimum atomic E-state index is -5.17. The zero-order valence-electron chi connectivity index (χ0n) is 18.3. The first-order valence-electron chi connectivity index (χ1n) is 10.7. The SMILES string of the molecule is Cc1csc(CNC2CC2c2ccc(C(=O)NCc3ccccc3)c(OC(=O)C(F)(F)F)c2)c1. The van der Waals surface area contributed by atoms with E-state index in [2.05, 4.69) is 26.8 Å². The van der Waals surface area contributed by atoms with Crippen LogP contribution in [0.2, 0.25) is 0 Å². The van der Waals surface area contributed by atoms with Gasteiger partial charge in [0.25, 0.3) is 5.91 Å². The fourth-order valence-corrected chi connectivity index (χ4v) is 4.50. The maximum absolute atomic E-state index is 12.8. The highest BCUT2D eigenvalue weighted by Crippen LogP contribution is 2.43. The van der Waals surface area contributed by atoms with Gasteiger partial charge in [-0.15, -0.1) is 11.3 Å². The van der Waals surface area contributed by atoms with Crippen LogP contribution in [0.5, 0.6) is 5.75 Å². The standard InChI is InChI=1S/C25H23F3N2O3S/c1-15-9-18(34-14-15)13-29-21-11-20(21)17-7-8-19(22(10-17)33-24(32)25(26,27)28)23(31)30-12-16-5-3-2-4-6-16/h2-10,14,20-21,29H,11-13H2,1H3,(H,30,31). The molecule has 2 unspecified atom stereocenters. The van der Waals surface area contributed by atoms with Crippen LogP contribution in [-0.4, -0.2) is 24.1 Å². The number of benzene rings is 2. The van der Waals surface area contributed by atoms with Gasteiger partial charge in [0.15, 0.2) is 0 Å². The van der Waals surface area contributed by atoms with E-state index in [1.54, 1.807) is 17.4 Å². The molecule has 3 aromatic rings. The fraction of sp³-hybridized carbons (Fsp3) is 0.280. The van der Waals surface area contributed by atoms with Crippen LogP contribution in [0.3, 0.4) is 0 Å². The Kier molecular flexibility index (Phi) is 7.04. The van der Waals surface area contributed by atoms with Gasteiger partial charge in [-0.05, 0) is 53.6 Å². The maximum Gasteiger partial charge on any atom is 0.491 e. The number of thiophene rings is 1. The van der Waals surface area contributed by atoms with E-state index in [9.17, 15) is 22.8 Å². The zero-order chi connectivity index (χ0) is 24.3. The van der Waals surface area contributed by atoms with Crippen molar-refractivity contribution in [2.24, 2.45) is 0 Å². The Balaban J connectivity index is 1.47. The summed E-state index contributed by atoms with van der Waals surface area (Å²) in [6.07, 6.45) is -4.37. The summed E-state index contributed by atoms with van der Waals surface area (Å²) in [6, 6.07) is 15.8. The van der Waals surface area contributed by atoms with Gasteiger partial charge in [-0.25, -0.2) is 4.79 Å². The number of carbonyl (C=O) groups is 2. The summed E-state index contributed by atoms with van der Waals surface area (Å²) < 4.78 is 43.2. The van der Waals surface area contributed by atoms with E-state index in [0.717, 1.165) is 12.0 Å². The van der Waals surface area contributed by atoms with E-state index in [0.29, 0.717) is 12.1 Å². The van der Waals surface area contributed by atoms with Gasteiger partial charge in [0, 0.05) is 29.9 Å². The minimum Gasteiger partial charge on any atom is -0.419 e. The van der Waals surface area contributed by atoms with Gasteiger partial charge in [-0.2, -0.15) is 13.2 Å². The molecular weight excluding hydrogens is 465 g/mol. The highest BCUT2D eigenvalue weighted by molar-refractivity contribution is 7.10. The summed E-state index contributed by atoms with van der Waals surface area (Å²) in [5, 5.41) is 8.17. The van der Waals surface area contributed by atoms with E-state index in [4.69, 9.17) is 0 Å². The third-order valence-corrected chi connectivity index (χ3v) is 6.58. The Hall–Kier alpha value is -3.17. The summed E-state index contributed by atoms with van der Waals surface area (Å²) in [7, 11) is 0. The number of halogens is 3. The highest BCUT2D eigenvalue weighted by Gasteiger charge is 2.43. The molecule has 1 aliphatic rings. The number of nitrogens with one attached hydrogen (secondary N) is 2. The van der Waals surface area contributed by atoms with Crippen LogP contribution < -0.4 is 15.4 Å². The molecule has 1 heterocycles. The Morgan fingerprint density at radius 2 is 1.85 bits per heavy atom. The molecule has 5 nitrogen and oxygen atoms in total. The predicted octanol–water partition coefficient (Wildman–Crippen LogP) is 5.10. The largest absolute Gasteiger partial charge is 0.491 e. The average molecular weight is 489 g/mol. The number of esters is 1. The molecule has 0 spiro atoms. The zero-order valence-corrected chi connectivity index (χ0v) is 19.1. The van der Waals surface area contributed by atoms with Crippen molar-refractivity contribution in [3.05, 3.63) is 87.1 Å². The van der Waals surface area contributed by atoms with Crippen LogP contribution in [0.15, 0.2) is 60.0 Å². The maximum atomic E-state index is 12.8. The topological polar surface area (TPSA) is 67.4 Å². The van der Waals surface area contributed by atoms with Crippen molar-refractivity contribution in [3.8, 4) is 5.75 Å². The van der Waals surface area contributed by atoms with Crippen molar-refractivity contribution in [1.82, 2.24) is 10.6 Å². The Labute approximate surface area is 198 Å². The second-order valence-electron chi connectivity index (χ2n) is 8.23. The first kappa shape index (κ1) is 24.0. The smallest absolute Gasteiger partial charge is 0.419 e. The number of aryl methyl sites for hydroxylation is 1. The van der Waals surface area contributed by atoms with Crippen molar-refractivity contribution in [3.63, 3.8) is 0 Å². The number of hydrogen-bond acceptors (Lipinski definition) is 5. The molecule has 1 saturated carbocycles. The van der Waals surface area contributed by atoms with Crippen molar-refractivity contribution >= 4 is 23.2 Å². The number of amides is 1. The molecular formula is C25H23F3N2O3S. The summed E-state index contributed by atoms with van der Waals surface area (Å²) in [6.45, 7) is 2.92. The molecule has 1 aromatic heterocycles. The molecule has 1 fully saturated rings. The lowest BCUT2D eigenvalue weighted by Gasteiger charge is -2.14. The van der Waals surface area contributed by atoms with Gasteiger partial charge < -0.3 is 15.4 Å². The Morgan fingerprint density at radius 3 is 2.53 bits per heavy atom. The molecule has 0 radical (unpaired) electrons. The fourth-order valence-electron chi connectivity index (χ4n) is 3.68. The molecule has 0 saturated heterocycles. The molecule has 1 aliphatic carbocycles. The van der Waals surface area contributed by atoms with E-state index < -0.39 is 23.8 Å². The Morgan fingerprint density at radius 1 is 1.09 bits per heavy atom. The van der Waals surface area contributed by atoms with Gasteiger partial charge >= 0.3 is 12.1 Å². The third-order valence-electron chi connectivity index (χ3n) is 5.52. The molecule has 2 atom stereocenters. The van der Waals surface area contributed by atoms with E-state index in [1.807, 2.05) is 37.3 Å². The van der Waals surface area contributed by atoms with Gasteiger partial charge in [0.2, 0.25) is 0 Å². The number of carbonyl (C=O) groups excluding carboxylic acids is 2. The van der Waals surface area contributed by atoms with Gasteiger partial charge in [-0.1, -0.05) is 36.4 Å². The normalized spacial score (nSPS) is 17.3. The second-order valence-corrected chi connectivity index (χ2v) is 9.23. The summed E-state index contributed by atoms with van der Waals surface area (Å²) in [5.41, 5.74) is 2.61. The number of ether oxygens (including phenoxy) is 1. The third kappa shape index (κ3) is 6.03. The monoisotopic (exact) mass is 488 g/mol. The van der Waals surface area contributed by atoms with Crippen LogP contribution in [0.4, 0.5) is 13.2 Å². The predicted molar refractivity (Wildman–Crippen MR) is 123 cm³/mol. The van der Waals surface area contributed by atoms with Crippen molar-refractivity contribution < 1.29 is 27.5 Å². The van der Waals surface area contributed by atoms with E-state index in [1.165, 1.54) is 22.6 Å². The molecule has 0 aliphatic heterocycles. The van der Waals surface area contributed by atoms with E-state index >= 15 is 0 Å². The summed E-state index contributed by atoms with van der Waals surface area (Å²) in [4.78, 5) is 25.4. The van der Waals surface area contributed by atoms with Crippen molar-refractivity contribution in [2.75, 3.05) is 0 Å². The second kappa shape index (κ2) is 9.99. The number of hydrogen-bond donors (Lipinski definition) is 2. The quantitative estimate of drug-likeness (QED) is 0.342. The lowest BCUT2D eigenvalue weighted by atomic mass is 10.1. The summed E-state index contributed by atoms with van der Waals surface area (Å²) in [5.74, 6) is -3.32. The highest BCUT2D eigenvalue weighted by atomic mass is 32.1. The van der Waals surface area contributed by atoms with Crippen LogP contribution in [0.1, 0.15) is 44.3 Å². The first-order chi connectivity index (χ1) is 16.2. The molecule has 4 rings (SSSR count). The lowest BCUT2D eigenvalue weighted by molar-refractivity contribution is -0.189. The van der Waals surface area contributed by atoms with Gasteiger partial charge in [0.05, 0.1) is 5.56 Å². The van der Waals surface area contributed by atoms with E-state index in [-0.39, 0.29) is 24.1 Å². The van der Waals surface area contributed by atoms with Crippen LogP contribution in [-0.2, 0) is 17.9 Å². The molecule has 2 aromatic carbocycles. The van der Waals surface area contributed by atoms with Crippen molar-refractivity contribution in [2.45, 2.75) is 44.6 Å². The summed E-state index contributed by atoms with van der Waals surface area (Å²) >= 11 is 1.67. The minimum absolute atomic E-state index is 0.0610. The Bertz CT molecular complexity index is 1180. The van der Waals surface area contributed by atoms with Crippen LogP contribution in [0, 0.1) is 6.92 Å². The molecule has 34 heavy (non-hydrogen) atoms. The molecule has 0 bridgehead atoms. The number of alkyl halides is 3. The number of rotatable bonds is 8. The van der Waals surface area contributed by atoms with Gasteiger partial charge in [-0.3, -0.25) is 4.79 Å². The molecule has 178 valence electrons. The van der Waals surface area contributed by atoms with Crippen molar-refractivity contribution in [1.29, 1.82) is 0 Å². The molecule has 2 N–H and O–H groups in total. The molecule has 1 amide bonds.